The molecule has 1 N–H and O–H groups in total. The highest BCUT2D eigenvalue weighted by molar-refractivity contribution is 5.99. The molecule has 1 fully saturated rings. The summed E-state index contributed by atoms with van der Waals surface area (Å²) in [7, 11) is 0. The van der Waals surface area contributed by atoms with Gasteiger partial charge in [-0.1, -0.05) is 37.1 Å². The second-order valence-corrected chi connectivity index (χ2v) is 8.30. The molecule has 0 atom stereocenters. The second-order valence-electron chi connectivity index (χ2n) is 8.30. The number of hydrogen-bond donors (Lipinski definition) is 1. The lowest BCUT2D eigenvalue weighted by Crippen LogP contribution is -2.43. The minimum absolute atomic E-state index is 0.0177. The summed E-state index contributed by atoms with van der Waals surface area (Å²) in [5.41, 5.74) is 1.85. The Balaban J connectivity index is 1.65. The maximum Gasteiger partial charge on any atom is 0.254 e. The highest BCUT2D eigenvalue weighted by Crippen LogP contribution is 2.13. The number of aromatic nitrogens is 1. The largest absolute Gasteiger partial charge is 0.360 e. The summed E-state index contributed by atoms with van der Waals surface area (Å²) in [4.78, 5) is 29.8. The lowest BCUT2D eigenvalue weighted by atomic mass is 10.1. The number of amides is 2. The van der Waals surface area contributed by atoms with E-state index in [0.717, 1.165) is 38.9 Å². The van der Waals surface area contributed by atoms with Crippen LogP contribution in [0.2, 0.25) is 0 Å². The highest BCUT2D eigenvalue weighted by Gasteiger charge is 2.21. The van der Waals surface area contributed by atoms with Crippen molar-refractivity contribution in [2.45, 2.75) is 52.4 Å². The number of benzene rings is 1. The zero-order valence-electron chi connectivity index (χ0n) is 18.7. The van der Waals surface area contributed by atoms with Crippen molar-refractivity contribution in [2.24, 2.45) is 0 Å². The highest BCUT2D eigenvalue weighted by atomic mass is 16.5. The summed E-state index contributed by atoms with van der Waals surface area (Å²) in [6, 6.07) is 9.45. The average molecular weight is 427 g/mol. The smallest absolute Gasteiger partial charge is 0.254 e. The van der Waals surface area contributed by atoms with Gasteiger partial charge in [0, 0.05) is 24.7 Å². The van der Waals surface area contributed by atoms with Crippen LogP contribution in [-0.2, 0) is 11.2 Å². The summed E-state index contributed by atoms with van der Waals surface area (Å²) in [6.07, 6.45) is 6.95. The Hall–Kier alpha value is -2.67. The van der Waals surface area contributed by atoms with Crippen LogP contribution < -0.4 is 5.32 Å². The molecule has 7 nitrogen and oxygen atoms in total. The van der Waals surface area contributed by atoms with Crippen LogP contribution in [-0.4, -0.2) is 59.5 Å². The van der Waals surface area contributed by atoms with E-state index < -0.39 is 0 Å². The van der Waals surface area contributed by atoms with Crippen LogP contribution in [0, 0.1) is 6.92 Å². The summed E-state index contributed by atoms with van der Waals surface area (Å²) in [5, 5.41) is 6.52. The molecule has 31 heavy (non-hydrogen) atoms. The number of anilines is 1. The van der Waals surface area contributed by atoms with Gasteiger partial charge >= 0.3 is 0 Å². The molecule has 3 rings (SSSR count). The van der Waals surface area contributed by atoms with Gasteiger partial charge in [-0.05, 0) is 63.4 Å². The summed E-state index contributed by atoms with van der Waals surface area (Å²) < 4.78 is 5.00. The molecule has 1 aliphatic rings. The maximum absolute atomic E-state index is 13.2. The molecule has 1 aliphatic heterocycles. The Bertz CT molecular complexity index is 841. The summed E-state index contributed by atoms with van der Waals surface area (Å²) >= 11 is 0. The SMILES string of the molecule is CCCCc1ccc(C(=O)N(CCN2CCCCC2)CC(=O)Nc2cc(C)on2)cc1. The first-order valence-corrected chi connectivity index (χ1v) is 11.4. The van der Waals surface area contributed by atoms with E-state index in [1.807, 2.05) is 24.3 Å². The Morgan fingerprint density at radius 1 is 1.16 bits per heavy atom. The molecule has 1 aromatic carbocycles. The lowest BCUT2D eigenvalue weighted by molar-refractivity contribution is -0.117. The predicted octanol–water partition coefficient (Wildman–Crippen LogP) is 3.89. The number of carbonyl (C=O) groups is 2. The van der Waals surface area contributed by atoms with E-state index in [2.05, 4.69) is 22.3 Å². The monoisotopic (exact) mass is 426 g/mol. The zero-order chi connectivity index (χ0) is 22.1. The molecule has 2 heterocycles. The molecule has 0 unspecified atom stereocenters. The van der Waals surface area contributed by atoms with Crippen molar-refractivity contribution in [1.29, 1.82) is 0 Å². The Kier molecular flexibility index (Phi) is 8.64. The number of unbranched alkanes of at least 4 members (excludes halogenated alkanes) is 1. The Labute approximate surface area is 184 Å². The molecule has 0 saturated carbocycles. The summed E-state index contributed by atoms with van der Waals surface area (Å²) in [5.74, 6) is 0.591. The Morgan fingerprint density at radius 3 is 2.55 bits per heavy atom. The quantitative estimate of drug-likeness (QED) is 0.623. The normalized spacial score (nSPS) is 14.4. The van der Waals surface area contributed by atoms with E-state index in [0.29, 0.717) is 23.7 Å². The number of rotatable bonds is 10. The van der Waals surface area contributed by atoms with E-state index in [-0.39, 0.29) is 18.4 Å². The minimum Gasteiger partial charge on any atom is -0.360 e. The van der Waals surface area contributed by atoms with Crippen LogP contribution in [0.25, 0.3) is 0 Å². The fraction of sp³-hybridized carbons (Fsp3) is 0.542. The molecule has 0 spiro atoms. The number of piperidine rings is 1. The molecule has 0 bridgehead atoms. The predicted molar refractivity (Wildman–Crippen MR) is 121 cm³/mol. The van der Waals surface area contributed by atoms with E-state index in [1.165, 1.54) is 24.8 Å². The topological polar surface area (TPSA) is 78.7 Å². The van der Waals surface area contributed by atoms with Crippen molar-refractivity contribution in [3.05, 3.63) is 47.2 Å². The van der Waals surface area contributed by atoms with Gasteiger partial charge in [-0.25, -0.2) is 0 Å². The molecule has 2 aromatic rings. The van der Waals surface area contributed by atoms with Crippen molar-refractivity contribution < 1.29 is 14.1 Å². The average Bonchev–Trinajstić information content (AvgIpc) is 3.20. The fourth-order valence-electron chi connectivity index (χ4n) is 3.86. The van der Waals surface area contributed by atoms with Gasteiger partial charge in [-0.2, -0.15) is 0 Å². The van der Waals surface area contributed by atoms with Crippen molar-refractivity contribution in [3.8, 4) is 0 Å². The van der Waals surface area contributed by atoms with E-state index in [9.17, 15) is 9.59 Å². The van der Waals surface area contributed by atoms with Gasteiger partial charge in [0.05, 0.1) is 0 Å². The third-order valence-corrected chi connectivity index (χ3v) is 5.67. The number of aryl methyl sites for hydroxylation is 2. The first kappa shape index (κ1) is 23.0. The minimum atomic E-state index is -0.278. The molecule has 168 valence electrons. The number of carbonyl (C=O) groups excluding carboxylic acids is 2. The van der Waals surface area contributed by atoms with E-state index in [4.69, 9.17) is 4.52 Å². The third kappa shape index (κ3) is 7.21. The third-order valence-electron chi connectivity index (χ3n) is 5.67. The van der Waals surface area contributed by atoms with Crippen LogP contribution in [0.5, 0.6) is 0 Å². The molecule has 1 saturated heterocycles. The van der Waals surface area contributed by atoms with Crippen LogP contribution in [0.4, 0.5) is 5.82 Å². The molecule has 0 radical (unpaired) electrons. The van der Waals surface area contributed by atoms with Crippen molar-refractivity contribution in [1.82, 2.24) is 15.0 Å². The molecule has 2 amide bonds. The standard InChI is InChI=1S/C24H34N4O3/c1-3-4-8-20-9-11-21(12-10-20)24(30)28(16-15-27-13-6-5-7-14-27)18-23(29)25-22-17-19(2)31-26-22/h9-12,17H,3-8,13-16,18H2,1-2H3,(H,25,26,29). The first-order chi connectivity index (χ1) is 15.0. The molecule has 1 aromatic heterocycles. The van der Waals surface area contributed by atoms with Gasteiger partial charge in [0.15, 0.2) is 5.82 Å². The molecule has 0 aliphatic carbocycles. The van der Waals surface area contributed by atoms with Crippen LogP contribution >= 0.6 is 0 Å². The van der Waals surface area contributed by atoms with Crippen LogP contribution in [0.3, 0.4) is 0 Å². The zero-order valence-corrected chi connectivity index (χ0v) is 18.7. The van der Waals surface area contributed by atoms with Crippen molar-refractivity contribution in [2.75, 3.05) is 38.0 Å². The number of likely N-dealkylation sites (tertiary alicyclic amines) is 1. The molecule has 7 heteroatoms. The fourth-order valence-corrected chi connectivity index (χ4v) is 3.86. The van der Waals surface area contributed by atoms with E-state index >= 15 is 0 Å². The number of nitrogens with one attached hydrogen (secondary N) is 1. The van der Waals surface area contributed by atoms with E-state index in [1.54, 1.807) is 17.9 Å². The van der Waals surface area contributed by atoms with Gasteiger partial charge < -0.3 is 19.6 Å². The number of nitrogens with zero attached hydrogens (tertiary/aromatic N) is 3. The maximum atomic E-state index is 13.2. The first-order valence-electron chi connectivity index (χ1n) is 11.4. The summed E-state index contributed by atoms with van der Waals surface area (Å²) in [6.45, 7) is 7.32. The van der Waals surface area contributed by atoms with Crippen LogP contribution in [0.1, 0.15) is 60.7 Å². The molecular weight excluding hydrogens is 392 g/mol. The number of hydrogen-bond acceptors (Lipinski definition) is 5. The van der Waals surface area contributed by atoms with Gasteiger partial charge in [0.2, 0.25) is 5.91 Å². The van der Waals surface area contributed by atoms with Crippen LogP contribution in [0.15, 0.2) is 34.9 Å². The Morgan fingerprint density at radius 2 is 1.90 bits per heavy atom. The second kappa shape index (κ2) is 11.6. The lowest BCUT2D eigenvalue weighted by Gasteiger charge is -2.30. The van der Waals surface area contributed by atoms with Crippen molar-refractivity contribution in [3.63, 3.8) is 0 Å². The van der Waals surface area contributed by atoms with Gasteiger partial charge in [-0.15, -0.1) is 0 Å². The van der Waals surface area contributed by atoms with Gasteiger partial charge in [0.1, 0.15) is 12.3 Å². The van der Waals surface area contributed by atoms with Gasteiger partial charge in [-0.3, -0.25) is 9.59 Å². The molecular formula is C24H34N4O3. The van der Waals surface area contributed by atoms with Gasteiger partial charge in [0.25, 0.3) is 5.91 Å². The van der Waals surface area contributed by atoms with Crippen molar-refractivity contribution >= 4 is 17.6 Å².